The second-order valence-electron chi connectivity index (χ2n) is 4.25. The Labute approximate surface area is 95.5 Å². The van der Waals surface area contributed by atoms with Crippen molar-refractivity contribution in [1.29, 1.82) is 0 Å². The van der Waals surface area contributed by atoms with E-state index in [4.69, 9.17) is 0 Å². The van der Waals surface area contributed by atoms with Gasteiger partial charge in [0.2, 0.25) is 5.91 Å². The van der Waals surface area contributed by atoms with Crippen LogP contribution in [0.2, 0.25) is 0 Å². The third kappa shape index (κ3) is 3.62. The van der Waals surface area contributed by atoms with Crippen LogP contribution in [0.4, 0.5) is 0 Å². The molecule has 0 unspecified atom stereocenters. The molecule has 2 rings (SSSR count). The SMILES string of the molecule is Cc1ccc(CNCC(=O)NC2CC2)cn1. The maximum Gasteiger partial charge on any atom is 0.234 e. The molecule has 0 aromatic carbocycles. The number of carbonyl (C=O) groups is 1. The maximum atomic E-state index is 11.3. The fraction of sp³-hybridized carbons (Fsp3) is 0.500. The predicted molar refractivity (Wildman–Crippen MR) is 61.8 cm³/mol. The van der Waals surface area contributed by atoms with Crippen LogP contribution in [0.5, 0.6) is 0 Å². The van der Waals surface area contributed by atoms with Crippen LogP contribution < -0.4 is 10.6 Å². The molecule has 2 N–H and O–H groups in total. The van der Waals surface area contributed by atoms with Crippen LogP contribution in [0.25, 0.3) is 0 Å². The Kier molecular flexibility index (Phi) is 3.51. The van der Waals surface area contributed by atoms with E-state index in [2.05, 4.69) is 15.6 Å². The number of pyridine rings is 1. The summed E-state index contributed by atoms with van der Waals surface area (Å²) in [6.45, 7) is 3.02. The minimum atomic E-state index is 0.0857. The van der Waals surface area contributed by atoms with Crippen LogP contribution in [-0.4, -0.2) is 23.5 Å². The number of amides is 1. The number of nitrogens with one attached hydrogen (secondary N) is 2. The highest BCUT2D eigenvalue weighted by Crippen LogP contribution is 2.18. The summed E-state index contributed by atoms with van der Waals surface area (Å²) in [6, 6.07) is 4.44. The zero-order valence-electron chi connectivity index (χ0n) is 9.49. The predicted octanol–water partition coefficient (Wildman–Crippen LogP) is 0.758. The molecule has 86 valence electrons. The lowest BCUT2D eigenvalue weighted by molar-refractivity contribution is -0.120. The first-order valence-electron chi connectivity index (χ1n) is 5.65. The molecule has 1 aromatic heterocycles. The van der Waals surface area contributed by atoms with Crippen molar-refractivity contribution >= 4 is 5.91 Å². The summed E-state index contributed by atoms with van der Waals surface area (Å²) in [6.07, 6.45) is 4.10. The molecule has 1 fully saturated rings. The van der Waals surface area contributed by atoms with Crippen LogP contribution in [0.1, 0.15) is 24.1 Å². The van der Waals surface area contributed by atoms with Gasteiger partial charge in [0.15, 0.2) is 0 Å². The van der Waals surface area contributed by atoms with Gasteiger partial charge >= 0.3 is 0 Å². The summed E-state index contributed by atoms with van der Waals surface area (Å²) in [5.74, 6) is 0.0857. The van der Waals surface area contributed by atoms with Gasteiger partial charge in [-0.05, 0) is 31.4 Å². The minimum Gasteiger partial charge on any atom is -0.352 e. The van der Waals surface area contributed by atoms with E-state index in [1.807, 2.05) is 25.3 Å². The third-order valence-electron chi connectivity index (χ3n) is 2.53. The van der Waals surface area contributed by atoms with Gasteiger partial charge in [-0.1, -0.05) is 6.07 Å². The molecular formula is C12H17N3O. The second-order valence-corrected chi connectivity index (χ2v) is 4.25. The van der Waals surface area contributed by atoms with Gasteiger partial charge in [-0.15, -0.1) is 0 Å². The number of aromatic nitrogens is 1. The molecular weight excluding hydrogens is 202 g/mol. The van der Waals surface area contributed by atoms with E-state index in [-0.39, 0.29) is 5.91 Å². The highest BCUT2D eigenvalue weighted by atomic mass is 16.2. The number of aryl methyl sites for hydroxylation is 1. The molecule has 16 heavy (non-hydrogen) atoms. The van der Waals surface area contributed by atoms with Crippen LogP contribution in [0.3, 0.4) is 0 Å². The van der Waals surface area contributed by atoms with E-state index in [1.165, 1.54) is 0 Å². The van der Waals surface area contributed by atoms with Crippen molar-refractivity contribution in [1.82, 2.24) is 15.6 Å². The van der Waals surface area contributed by atoms with Crippen molar-refractivity contribution in [3.63, 3.8) is 0 Å². The van der Waals surface area contributed by atoms with E-state index in [0.717, 1.165) is 24.1 Å². The number of rotatable bonds is 5. The van der Waals surface area contributed by atoms with Gasteiger partial charge in [0.05, 0.1) is 6.54 Å². The molecule has 1 saturated carbocycles. The summed E-state index contributed by atoms with van der Waals surface area (Å²) in [5, 5.41) is 6.03. The van der Waals surface area contributed by atoms with Gasteiger partial charge in [-0.25, -0.2) is 0 Å². The number of hydrogen-bond donors (Lipinski definition) is 2. The Bertz CT molecular complexity index is 357. The van der Waals surface area contributed by atoms with Crippen LogP contribution in [0, 0.1) is 6.92 Å². The van der Waals surface area contributed by atoms with Crippen molar-refractivity contribution in [2.45, 2.75) is 32.4 Å². The lowest BCUT2D eigenvalue weighted by atomic mass is 10.2. The van der Waals surface area contributed by atoms with E-state index >= 15 is 0 Å². The van der Waals surface area contributed by atoms with Crippen molar-refractivity contribution in [3.8, 4) is 0 Å². The summed E-state index contributed by atoms with van der Waals surface area (Å²) in [7, 11) is 0. The lowest BCUT2D eigenvalue weighted by Crippen LogP contribution is -2.34. The zero-order chi connectivity index (χ0) is 11.4. The standard InChI is InChI=1S/C12H17N3O/c1-9-2-3-10(7-14-9)6-13-8-12(16)15-11-4-5-11/h2-3,7,11,13H,4-6,8H2,1H3,(H,15,16). The normalized spacial score (nSPS) is 14.8. The molecule has 0 radical (unpaired) electrons. The van der Waals surface area contributed by atoms with Crippen LogP contribution in [0.15, 0.2) is 18.3 Å². The van der Waals surface area contributed by atoms with E-state index < -0.39 is 0 Å². The Hall–Kier alpha value is -1.42. The van der Waals surface area contributed by atoms with Crippen LogP contribution >= 0.6 is 0 Å². The third-order valence-corrected chi connectivity index (χ3v) is 2.53. The van der Waals surface area contributed by atoms with E-state index in [1.54, 1.807) is 0 Å². The molecule has 1 aliphatic carbocycles. The fourth-order valence-electron chi connectivity index (χ4n) is 1.43. The Morgan fingerprint density at radius 1 is 1.50 bits per heavy atom. The number of carbonyl (C=O) groups excluding carboxylic acids is 1. The van der Waals surface area contributed by atoms with Crippen molar-refractivity contribution < 1.29 is 4.79 Å². The molecule has 0 spiro atoms. The van der Waals surface area contributed by atoms with Crippen molar-refractivity contribution in [2.75, 3.05) is 6.54 Å². The quantitative estimate of drug-likeness (QED) is 0.768. The van der Waals surface area contributed by atoms with Gasteiger partial charge < -0.3 is 10.6 Å². The van der Waals surface area contributed by atoms with E-state index in [9.17, 15) is 4.79 Å². The van der Waals surface area contributed by atoms with Gasteiger partial charge in [0.25, 0.3) is 0 Å². The molecule has 0 saturated heterocycles. The summed E-state index contributed by atoms with van der Waals surface area (Å²) >= 11 is 0. The molecule has 1 aromatic rings. The average molecular weight is 219 g/mol. The first-order valence-corrected chi connectivity index (χ1v) is 5.65. The Balaban J connectivity index is 1.66. The molecule has 1 heterocycles. The lowest BCUT2D eigenvalue weighted by Gasteiger charge is -2.05. The monoisotopic (exact) mass is 219 g/mol. The molecule has 4 heteroatoms. The van der Waals surface area contributed by atoms with Gasteiger partial charge in [-0.2, -0.15) is 0 Å². The zero-order valence-corrected chi connectivity index (χ0v) is 9.49. The van der Waals surface area contributed by atoms with E-state index in [0.29, 0.717) is 19.1 Å². The van der Waals surface area contributed by atoms with Gasteiger partial charge in [-0.3, -0.25) is 9.78 Å². The molecule has 1 aliphatic rings. The average Bonchev–Trinajstić information content (AvgIpc) is 3.05. The summed E-state index contributed by atoms with van der Waals surface area (Å²) in [5.41, 5.74) is 2.11. The largest absolute Gasteiger partial charge is 0.352 e. The van der Waals surface area contributed by atoms with Crippen molar-refractivity contribution in [2.24, 2.45) is 0 Å². The first kappa shape index (κ1) is 11.1. The summed E-state index contributed by atoms with van der Waals surface area (Å²) < 4.78 is 0. The fourth-order valence-corrected chi connectivity index (χ4v) is 1.43. The molecule has 4 nitrogen and oxygen atoms in total. The first-order chi connectivity index (χ1) is 7.74. The molecule has 0 bridgehead atoms. The highest BCUT2D eigenvalue weighted by Gasteiger charge is 2.22. The number of nitrogens with zero attached hydrogens (tertiary/aromatic N) is 1. The second kappa shape index (κ2) is 5.07. The molecule has 0 aliphatic heterocycles. The van der Waals surface area contributed by atoms with Crippen LogP contribution in [-0.2, 0) is 11.3 Å². The number of hydrogen-bond acceptors (Lipinski definition) is 3. The molecule has 1 amide bonds. The van der Waals surface area contributed by atoms with Gasteiger partial charge in [0.1, 0.15) is 0 Å². The summed E-state index contributed by atoms with van der Waals surface area (Å²) in [4.78, 5) is 15.5. The minimum absolute atomic E-state index is 0.0857. The smallest absolute Gasteiger partial charge is 0.234 e. The van der Waals surface area contributed by atoms with Crippen molar-refractivity contribution in [3.05, 3.63) is 29.6 Å². The highest BCUT2D eigenvalue weighted by molar-refractivity contribution is 5.78. The van der Waals surface area contributed by atoms with Gasteiger partial charge in [0, 0.05) is 24.5 Å². The Morgan fingerprint density at radius 3 is 2.94 bits per heavy atom. The topological polar surface area (TPSA) is 54.0 Å². The Morgan fingerprint density at radius 2 is 2.31 bits per heavy atom. The molecule has 0 atom stereocenters. The maximum absolute atomic E-state index is 11.3.